The molecule has 12 heteroatoms. The maximum atomic E-state index is 12.2. The van der Waals surface area contributed by atoms with Crippen LogP contribution in [0.2, 0.25) is 0 Å². The van der Waals surface area contributed by atoms with Gasteiger partial charge in [-0.05, 0) is 25.7 Å². The smallest absolute Gasteiger partial charge is 0.318 e. The highest BCUT2D eigenvalue weighted by Crippen LogP contribution is 2.24. The number of ether oxygens (including phenoxy) is 4. The Kier molecular flexibility index (Phi) is 16.5. The molecule has 0 radical (unpaired) electrons. The summed E-state index contributed by atoms with van der Waals surface area (Å²) in [5, 5.41) is -2.66. The molecule has 0 heterocycles. The Bertz CT molecular complexity index is 536. The summed E-state index contributed by atoms with van der Waals surface area (Å²) >= 11 is 16.7. The molecule has 4 unspecified atom stereocenters. The van der Waals surface area contributed by atoms with Crippen LogP contribution in [0.4, 0.5) is 0 Å². The van der Waals surface area contributed by atoms with E-state index in [9.17, 15) is 19.2 Å². The first-order valence-electron chi connectivity index (χ1n) is 10.9. The van der Waals surface area contributed by atoms with Crippen molar-refractivity contribution in [3.63, 3.8) is 0 Å². The third kappa shape index (κ3) is 12.0. The molecule has 192 valence electrons. The molecule has 0 N–H and O–H groups in total. The number of hydrogen-bond acceptors (Lipinski definition) is 12. The van der Waals surface area contributed by atoms with Gasteiger partial charge in [0.1, 0.15) is 31.8 Å². The van der Waals surface area contributed by atoms with Gasteiger partial charge in [-0.25, -0.2) is 0 Å². The number of thiol groups is 4. The van der Waals surface area contributed by atoms with Crippen LogP contribution in [0.25, 0.3) is 0 Å². The summed E-state index contributed by atoms with van der Waals surface area (Å²) in [5.41, 5.74) is -1.35. The van der Waals surface area contributed by atoms with Gasteiger partial charge in [0.05, 0.1) is 21.0 Å². The predicted molar refractivity (Wildman–Crippen MR) is 139 cm³/mol. The number of esters is 4. The molecule has 0 aliphatic carbocycles. The van der Waals surface area contributed by atoms with Crippen molar-refractivity contribution in [3.8, 4) is 0 Å². The van der Waals surface area contributed by atoms with Crippen molar-refractivity contribution >= 4 is 74.4 Å². The van der Waals surface area contributed by atoms with Crippen LogP contribution in [0.1, 0.15) is 53.4 Å². The molecule has 33 heavy (non-hydrogen) atoms. The van der Waals surface area contributed by atoms with Crippen molar-refractivity contribution in [2.75, 3.05) is 26.4 Å². The SMILES string of the molecule is CCC(S)C(=O)OCC(COC(=O)C(S)CC)(COC(=O)C(S)CC)COC(=O)C(S)CC. The van der Waals surface area contributed by atoms with Crippen LogP contribution in [0, 0.1) is 5.41 Å². The standard InChI is InChI=1S/C21H36O8S4/c1-5-13(30)17(22)26-9-21(10-27-18(23)14(31)6-2,11-28-19(24)15(32)7-3)12-29-20(25)16(33)8-4/h13-16,30-33H,5-12H2,1-4H3. The topological polar surface area (TPSA) is 105 Å². The van der Waals surface area contributed by atoms with E-state index in [-0.39, 0.29) is 26.4 Å². The second-order valence-corrected chi connectivity index (χ2v) is 10.1. The average Bonchev–Trinajstić information content (AvgIpc) is 2.84. The van der Waals surface area contributed by atoms with E-state index in [2.05, 4.69) is 50.5 Å². The minimum absolute atomic E-state index is 0.340. The molecule has 0 saturated carbocycles. The molecule has 0 aliphatic rings. The zero-order chi connectivity index (χ0) is 25.6. The van der Waals surface area contributed by atoms with Gasteiger partial charge in [0.15, 0.2) is 0 Å². The van der Waals surface area contributed by atoms with E-state index in [1.165, 1.54) is 0 Å². The number of hydrogen-bond donors (Lipinski definition) is 4. The first-order valence-corrected chi connectivity index (χ1v) is 12.9. The molecule has 0 fully saturated rings. The van der Waals surface area contributed by atoms with Gasteiger partial charge in [-0.15, -0.1) is 0 Å². The maximum absolute atomic E-state index is 12.2. The van der Waals surface area contributed by atoms with Crippen molar-refractivity contribution < 1.29 is 38.1 Å². The van der Waals surface area contributed by atoms with Crippen molar-refractivity contribution in [1.29, 1.82) is 0 Å². The van der Waals surface area contributed by atoms with Gasteiger partial charge in [0.2, 0.25) is 0 Å². The molecule has 0 saturated heterocycles. The van der Waals surface area contributed by atoms with Crippen molar-refractivity contribution in [3.05, 3.63) is 0 Å². The monoisotopic (exact) mass is 544 g/mol. The normalized spacial score (nSPS) is 16.5. The van der Waals surface area contributed by atoms with E-state index in [1.807, 2.05) is 0 Å². The first kappa shape index (κ1) is 32.3. The lowest BCUT2D eigenvalue weighted by atomic mass is 9.92. The molecule has 0 amide bonds. The third-order valence-electron chi connectivity index (χ3n) is 4.72. The molecule has 0 aliphatic heterocycles. The van der Waals surface area contributed by atoms with E-state index in [4.69, 9.17) is 18.9 Å². The summed E-state index contributed by atoms with van der Waals surface area (Å²) in [6.45, 7) is 5.71. The second kappa shape index (κ2) is 16.8. The zero-order valence-electron chi connectivity index (χ0n) is 19.5. The molecule has 8 nitrogen and oxygen atoms in total. The molecule has 0 aromatic heterocycles. The Labute approximate surface area is 218 Å². The van der Waals surface area contributed by atoms with Crippen LogP contribution >= 0.6 is 50.5 Å². The van der Waals surface area contributed by atoms with Crippen molar-refractivity contribution in [1.82, 2.24) is 0 Å². The molecule has 0 aromatic rings. The van der Waals surface area contributed by atoms with Gasteiger partial charge in [0, 0.05) is 0 Å². The lowest BCUT2D eigenvalue weighted by Gasteiger charge is -2.32. The summed E-state index contributed by atoms with van der Waals surface area (Å²) in [6, 6.07) is 0. The molecule has 4 atom stereocenters. The summed E-state index contributed by atoms with van der Waals surface area (Å²) in [5.74, 6) is -2.40. The van der Waals surface area contributed by atoms with Gasteiger partial charge >= 0.3 is 23.9 Å². The highest BCUT2D eigenvalue weighted by atomic mass is 32.1. The molecule has 0 aromatic carbocycles. The Balaban J connectivity index is 5.79. The van der Waals surface area contributed by atoms with Gasteiger partial charge in [0.25, 0.3) is 0 Å². The van der Waals surface area contributed by atoms with Crippen LogP contribution in [0.5, 0.6) is 0 Å². The van der Waals surface area contributed by atoms with Crippen molar-refractivity contribution in [2.45, 2.75) is 74.4 Å². The van der Waals surface area contributed by atoms with E-state index in [1.54, 1.807) is 27.7 Å². The fourth-order valence-corrected chi connectivity index (χ4v) is 2.50. The van der Waals surface area contributed by atoms with Crippen LogP contribution in [0.3, 0.4) is 0 Å². The fraction of sp³-hybridized carbons (Fsp3) is 0.810. The quantitative estimate of drug-likeness (QED) is 0.134. The molecular weight excluding hydrogens is 508 g/mol. The molecule has 0 bridgehead atoms. The average molecular weight is 545 g/mol. The third-order valence-corrected chi connectivity index (χ3v) is 7.02. The van der Waals surface area contributed by atoms with Gasteiger partial charge in [-0.1, -0.05) is 27.7 Å². The summed E-state index contributed by atoms with van der Waals surface area (Å²) in [7, 11) is 0. The number of carbonyl (C=O) groups excluding carboxylic acids is 4. The van der Waals surface area contributed by atoms with E-state index < -0.39 is 50.3 Å². The van der Waals surface area contributed by atoms with Crippen LogP contribution in [-0.2, 0) is 38.1 Å². The largest absolute Gasteiger partial charge is 0.464 e. The molecular formula is C21H36O8S4. The zero-order valence-corrected chi connectivity index (χ0v) is 23.1. The predicted octanol–water partition coefficient (Wildman–Crippen LogP) is 2.98. The highest BCUT2D eigenvalue weighted by molar-refractivity contribution is 7.82. The maximum Gasteiger partial charge on any atom is 0.318 e. The summed E-state index contributed by atoms with van der Waals surface area (Å²) < 4.78 is 21.5. The minimum atomic E-state index is -1.35. The van der Waals surface area contributed by atoms with E-state index in [0.29, 0.717) is 25.7 Å². The summed E-state index contributed by atoms with van der Waals surface area (Å²) in [6.07, 6.45) is 1.73. The lowest BCUT2D eigenvalue weighted by molar-refractivity contribution is -0.170. The van der Waals surface area contributed by atoms with E-state index >= 15 is 0 Å². The number of rotatable bonds is 16. The van der Waals surface area contributed by atoms with Gasteiger partial charge < -0.3 is 18.9 Å². The molecule has 0 spiro atoms. The van der Waals surface area contributed by atoms with Gasteiger partial charge in [-0.3, -0.25) is 19.2 Å². The van der Waals surface area contributed by atoms with Crippen LogP contribution < -0.4 is 0 Å². The van der Waals surface area contributed by atoms with Crippen LogP contribution in [0.15, 0.2) is 0 Å². The number of carbonyl (C=O) groups is 4. The van der Waals surface area contributed by atoms with Crippen LogP contribution in [-0.4, -0.2) is 71.3 Å². The minimum Gasteiger partial charge on any atom is -0.464 e. The molecule has 0 rings (SSSR count). The van der Waals surface area contributed by atoms with Gasteiger partial charge in [-0.2, -0.15) is 50.5 Å². The Morgan fingerprint density at radius 1 is 0.515 bits per heavy atom. The Morgan fingerprint density at radius 2 is 0.697 bits per heavy atom. The summed E-state index contributed by atoms with van der Waals surface area (Å²) in [4.78, 5) is 49.0. The van der Waals surface area contributed by atoms with E-state index in [0.717, 1.165) is 0 Å². The fourth-order valence-electron chi connectivity index (χ4n) is 2.20. The second-order valence-electron chi connectivity index (χ2n) is 7.63. The Morgan fingerprint density at radius 3 is 0.848 bits per heavy atom. The van der Waals surface area contributed by atoms with Crippen molar-refractivity contribution in [2.24, 2.45) is 5.41 Å². The Hall–Kier alpha value is -0.720. The highest BCUT2D eigenvalue weighted by Gasteiger charge is 2.39. The first-order chi connectivity index (χ1) is 15.5. The lowest BCUT2D eigenvalue weighted by Crippen LogP contribution is -2.45.